The smallest absolute Gasteiger partial charge is 0.494 e. The Kier molecular flexibility index (Phi) is 16.9. The Bertz CT molecular complexity index is 1930. The quantitative estimate of drug-likeness (QED) is 0.0385. The van der Waals surface area contributed by atoms with E-state index in [1.165, 1.54) is 96.3 Å². The number of unbranched alkanes of at least 4 members (excludes halogenated alkanes) is 9. The van der Waals surface area contributed by atoms with Crippen molar-refractivity contribution in [2.45, 2.75) is 176 Å². The highest BCUT2D eigenvalue weighted by atomic mass is 16.7. The zero-order chi connectivity index (χ0) is 45.1. The second kappa shape index (κ2) is 22.5. The summed E-state index contributed by atoms with van der Waals surface area (Å²) in [5, 5.41) is 0. The fourth-order valence-electron chi connectivity index (χ4n) is 13.2. The fourth-order valence-corrected chi connectivity index (χ4v) is 13.2. The molecule has 348 valence electrons. The van der Waals surface area contributed by atoms with Crippen LogP contribution in [-0.2, 0) is 9.47 Å². The molecule has 0 heterocycles. The molecular formula is C58H80O6. The molecule has 0 N–H and O–H groups in total. The molecular weight excluding hydrogens is 793 g/mol. The number of hydrogen-bond acceptors (Lipinski definition) is 6. The minimum Gasteiger partial charge on any atom is -0.494 e. The van der Waals surface area contributed by atoms with Crippen molar-refractivity contribution < 1.29 is 28.6 Å². The van der Waals surface area contributed by atoms with Crippen LogP contribution in [0.5, 0.6) is 5.75 Å². The lowest BCUT2D eigenvalue weighted by molar-refractivity contribution is -0.0617. The first-order valence-electron chi connectivity index (χ1n) is 25.8. The number of ketones is 2. The highest BCUT2D eigenvalue weighted by Crippen LogP contribution is 2.67. The first-order valence-corrected chi connectivity index (χ1v) is 25.8. The van der Waals surface area contributed by atoms with E-state index in [9.17, 15) is 14.4 Å². The topological polar surface area (TPSA) is 78.9 Å². The summed E-state index contributed by atoms with van der Waals surface area (Å²) in [4.78, 5) is 37.8. The van der Waals surface area contributed by atoms with Crippen LogP contribution in [0.25, 0.3) is 6.08 Å². The monoisotopic (exact) mass is 873 g/mol. The summed E-state index contributed by atoms with van der Waals surface area (Å²) in [5.41, 5.74) is 4.50. The maximum absolute atomic E-state index is 12.7. The van der Waals surface area contributed by atoms with Gasteiger partial charge in [-0.1, -0.05) is 165 Å². The molecule has 0 amide bonds. The van der Waals surface area contributed by atoms with Gasteiger partial charge in [-0.05, 0) is 128 Å². The Hall–Kier alpha value is -3.93. The van der Waals surface area contributed by atoms with Gasteiger partial charge in [-0.15, -0.1) is 0 Å². The van der Waals surface area contributed by atoms with Gasteiger partial charge < -0.3 is 14.2 Å². The van der Waals surface area contributed by atoms with Gasteiger partial charge in [0.25, 0.3) is 0 Å². The van der Waals surface area contributed by atoms with Crippen molar-refractivity contribution in [3.05, 3.63) is 94.6 Å². The first kappa shape index (κ1) is 48.0. The largest absolute Gasteiger partial charge is 0.508 e. The van der Waals surface area contributed by atoms with Crippen LogP contribution in [0.1, 0.15) is 196 Å². The average molecular weight is 873 g/mol. The lowest BCUT2D eigenvalue weighted by Gasteiger charge is -2.58. The molecule has 6 heteroatoms. The Morgan fingerprint density at radius 3 is 2.06 bits per heavy atom. The molecule has 1 unspecified atom stereocenters. The van der Waals surface area contributed by atoms with Crippen molar-refractivity contribution in [3.63, 3.8) is 0 Å². The Morgan fingerprint density at radius 1 is 0.734 bits per heavy atom. The van der Waals surface area contributed by atoms with Crippen LogP contribution in [0.3, 0.4) is 0 Å². The normalized spacial score (nSPS) is 27.8. The Morgan fingerprint density at radius 2 is 1.39 bits per heavy atom. The molecule has 8 atom stereocenters. The molecule has 0 aromatic heterocycles. The summed E-state index contributed by atoms with van der Waals surface area (Å²) in [6.07, 6.45) is 33.0. The zero-order valence-electron chi connectivity index (χ0n) is 40.2. The third-order valence-corrected chi connectivity index (χ3v) is 16.9. The fraction of sp³-hybridized carbons (Fsp3) is 0.638. The van der Waals surface area contributed by atoms with E-state index < -0.39 is 6.16 Å². The molecule has 0 radical (unpaired) electrons. The molecule has 2 aromatic rings. The summed E-state index contributed by atoms with van der Waals surface area (Å²) in [7, 11) is 0. The predicted octanol–water partition coefficient (Wildman–Crippen LogP) is 15.5. The second-order valence-corrected chi connectivity index (χ2v) is 21.5. The number of allylic oxidation sites excluding steroid dienone is 4. The van der Waals surface area contributed by atoms with Crippen molar-refractivity contribution in [1.29, 1.82) is 0 Å². The van der Waals surface area contributed by atoms with Gasteiger partial charge in [0.1, 0.15) is 11.9 Å². The lowest BCUT2D eigenvalue weighted by Crippen LogP contribution is -2.51. The Balaban J connectivity index is 0.688. The second-order valence-electron chi connectivity index (χ2n) is 21.5. The summed E-state index contributed by atoms with van der Waals surface area (Å²) in [5.74, 6) is 5.47. The number of fused-ring (bicyclic) bond motifs is 6. The predicted molar refractivity (Wildman–Crippen MR) is 260 cm³/mol. The summed E-state index contributed by atoms with van der Waals surface area (Å²) in [6.45, 7) is 13.7. The van der Waals surface area contributed by atoms with E-state index in [4.69, 9.17) is 14.2 Å². The summed E-state index contributed by atoms with van der Waals surface area (Å²) in [6, 6.07) is 14.9. The molecule has 0 spiro atoms. The van der Waals surface area contributed by atoms with Crippen molar-refractivity contribution in [1.82, 2.24) is 0 Å². The molecule has 0 bridgehead atoms. The number of hydrogen-bond donors (Lipinski definition) is 0. The van der Waals surface area contributed by atoms with Crippen LogP contribution in [0, 0.1) is 46.3 Å². The number of rotatable bonds is 22. The van der Waals surface area contributed by atoms with Gasteiger partial charge in [-0.3, -0.25) is 9.59 Å². The zero-order valence-corrected chi connectivity index (χ0v) is 40.2. The van der Waals surface area contributed by atoms with E-state index in [0.29, 0.717) is 29.8 Å². The van der Waals surface area contributed by atoms with Gasteiger partial charge in [-0.25, -0.2) is 4.79 Å². The van der Waals surface area contributed by atoms with Crippen LogP contribution in [0.4, 0.5) is 4.79 Å². The molecule has 6 nitrogen and oxygen atoms in total. The van der Waals surface area contributed by atoms with Crippen molar-refractivity contribution >= 4 is 23.8 Å². The highest BCUT2D eigenvalue weighted by Gasteiger charge is 2.59. The highest BCUT2D eigenvalue weighted by molar-refractivity contribution is 6.39. The van der Waals surface area contributed by atoms with E-state index in [0.717, 1.165) is 85.3 Å². The van der Waals surface area contributed by atoms with Crippen LogP contribution in [0.15, 0.2) is 77.9 Å². The van der Waals surface area contributed by atoms with Crippen molar-refractivity contribution in [2.75, 3.05) is 13.2 Å². The molecule has 7 rings (SSSR count). The van der Waals surface area contributed by atoms with Gasteiger partial charge in [0, 0.05) is 17.5 Å². The van der Waals surface area contributed by atoms with E-state index in [2.05, 4.69) is 40.7 Å². The molecule has 2 aromatic carbocycles. The molecule has 5 aliphatic carbocycles. The first-order chi connectivity index (χ1) is 31.0. The minimum absolute atomic E-state index is 0.0464. The van der Waals surface area contributed by atoms with E-state index in [-0.39, 0.29) is 28.7 Å². The van der Waals surface area contributed by atoms with Gasteiger partial charge in [-0.2, -0.15) is 0 Å². The number of Topliss-reactive ketones (excluding diaryl/α,β-unsaturated/α-hetero) is 2. The minimum atomic E-state index is -0.469. The van der Waals surface area contributed by atoms with E-state index >= 15 is 0 Å². The molecule has 3 saturated carbocycles. The van der Waals surface area contributed by atoms with Gasteiger partial charge >= 0.3 is 6.16 Å². The molecule has 0 saturated heterocycles. The maximum atomic E-state index is 12.7. The molecule has 0 aliphatic heterocycles. The summed E-state index contributed by atoms with van der Waals surface area (Å²) < 4.78 is 17.5. The maximum Gasteiger partial charge on any atom is 0.508 e. The van der Waals surface area contributed by atoms with Gasteiger partial charge in [0.05, 0.1) is 18.8 Å². The van der Waals surface area contributed by atoms with Crippen molar-refractivity contribution in [3.8, 4) is 5.75 Å². The Labute approximate surface area is 386 Å². The third-order valence-electron chi connectivity index (χ3n) is 16.9. The summed E-state index contributed by atoms with van der Waals surface area (Å²) >= 11 is 0. The average Bonchev–Trinajstić information content (AvgIpc) is 3.76. The van der Waals surface area contributed by atoms with Crippen LogP contribution in [-0.4, -0.2) is 37.0 Å². The van der Waals surface area contributed by atoms with E-state index in [1.807, 2.05) is 30.3 Å². The lowest BCUT2D eigenvalue weighted by atomic mass is 9.47. The van der Waals surface area contributed by atoms with E-state index in [1.54, 1.807) is 42.0 Å². The number of benzene rings is 2. The number of carbonyl (C=O) groups excluding carboxylic acids is 3. The van der Waals surface area contributed by atoms with Gasteiger partial charge in [0.2, 0.25) is 0 Å². The molecule has 3 fully saturated rings. The SMILES string of the molecule is CC(C)CCC[C@@H](C)[C@H]1CC[C@H]2[C@@H]3CC=C4CC(OC(=O)OCCCCCCCCCCCCOc5ccc(/C=C/C=C6C(=O)c7ccccc7C6=O)cc5)CC[C@]4(C)[C@H]3CC[C@]12C. The van der Waals surface area contributed by atoms with Crippen molar-refractivity contribution in [2.24, 2.45) is 46.3 Å². The van der Waals surface area contributed by atoms with Crippen LogP contribution < -0.4 is 4.74 Å². The number of carbonyl (C=O) groups is 3. The third kappa shape index (κ3) is 11.5. The van der Waals surface area contributed by atoms with Crippen LogP contribution >= 0.6 is 0 Å². The molecule has 64 heavy (non-hydrogen) atoms. The van der Waals surface area contributed by atoms with Crippen LogP contribution in [0.2, 0.25) is 0 Å². The molecule has 5 aliphatic rings. The number of ether oxygens (including phenoxy) is 3. The van der Waals surface area contributed by atoms with Gasteiger partial charge in [0.15, 0.2) is 11.6 Å². The standard InChI is InChI=1S/C58H80O6/c1-41(2)20-18-21-42(3)51-32-33-52-49-31-28-44-40-46(34-36-57(44,4)53(49)35-37-58(51,52)5)64-56(61)63-39-17-13-11-9-7-6-8-10-12-16-38-62-45-29-26-43(27-30-45)22-19-25-50-54(59)47-23-14-15-24-48(47)55(50)60/h14-15,19,22-30,41-42,46,49,51-53H,6-13,16-18,20-21,31-40H2,1-5H3/b22-19+/t42-,46?,49+,51-,52+,53+,57+,58-/m1/s1.